The van der Waals surface area contributed by atoms with Gasteiger partial charge in [0, 0.05) is 31.2 Å². The SMILES string of the molecule is CC(C)C1CCN(C(=O)c2cnccc2N)C1.Cl. The Morgan fingerprint density at radius 1 is 1.56 bits per heavy atom. The Balaban J connectivity index is 0.00000162. The second kappa shape index (κ2) is 6.05. The van der Waals surface area contributed by atoms with Gasteiger partial charge >= 0.3 is 0 Å². The highest BCUT2D eigenvalue weighted by atomic mass is 35.5. The summed E-state index contributed by atoms with van der Waals surface area (Å²) in [5.41, 5.74) is 6.83. The van der Waals surface area contributed by atoms with Gasteiger partial charge in [-0.3, -0.25) is 9.78 Å². The molecular weight excluding hydrogens is 250 g/mol. The molecule has 0 aliphatic carbocycles. The predicted octanol–water partition coefficient (Wildman–Crippen LogP) is 2.20. The maximum absolute atomic E-state index is 12.2. The maximum atomic E-state index is 12.2. The van der Waals surface area contributed by atoms with E-state index in [2.05, 4.69) is 18.8 Å². The summed E-state index contributed by atoms with van der Waals surface area (Å²) in [4.78, 5) is 18.1. The fraction of sp³-hybridized carbons (Fsp3) is 0.538. The molecule has 2 N–H and O–H groups in total. The predicted molar refractivity (Wildman–Crippen MR) is 74.7 cm³/mol. The van der Waals surface area contributed by atoms with Crippen molar-refractivity contribution in [2.75, 3.05) is 18.8 Å². The molecule has 0 saturated carbocycles. The zero-order valence-electron chi connectivity index (χ0n) is 10.8. The van der Waals surface area contributed by atoms with Crippen molar-refractivity contribution in [3.8, 4) is 0 Å². The Kier molecular flexibility index (Phi) is 4.96. The molecule has 1 aromatic heterocycles. The first-order valence-electron chi connectivity index (χ1n) is 6.08. The van der Waals surface area contributed by atoms with Crippen LogP contribution in [0.2, 0.25) is 0 Å². The first kappa shape index (κ1) is 14.8. The number of carbonyl (C=O) groups excluding carboxylic acids is 1. The van der Waals surface area contributed by atoms with E-state index in [0.717, 1.165) is 19.5 Å². The normalized spacial score (nSPS) is 18.8. The second-order valence-electron chi connectivity index (χ2n) is 5.01. The molecule has 2 heterocycles. The minimum atomic E-state index is 0. The van der Waals surface area contributed by atoms with Gasteiger partial charge in [0.15, 0.2) is 0 Å². The van der Waals surface area contributed by atoms with Gasteiger partial charge in [-0.2, -0.15) is 0 Å². The number of hydrogen-bond acceptors (Lipinski definition) is 3. The molecule has 100 valence electrons. The summed E-state index contributed by atoms with van der Waals surface area (Å²) in [6.07, 6.45) is 4.25. The Labute approximate surface area is 114 Å². The smallest absolute Gasteiger partial charge is 0.257 e. The van der Waals surface area contributed by atoms with Gasteiger partial charge < -0.3 is 10.6 Å². The van der Waals surface area contributed by atoms with Crippen LogP contribution in [0.3, 0.4) is 0 Å². The highest BCUT2D eigenvalue weighted by Gasteiger charge is 2.29. The third-order valence-electron chi connectivity index (χ3n) is 3.54. The molecule has 0 radical (unpaired) electrons. The van der Waals surface area contributed by atoms with Gasteiger partial charge in [-0.15, -0.1) is 12.4 Å². The molecule has 0 bridgehead atoms. The largest absolute Gasteiger partial charge is 0.398 e. The van der Waals surface area contributed by atoms with Crippen LogP contribution in [0.1, 0.15) is 30.6 Å². The summed E-state index contributed by atoms with van der Waals surface area (Å²) in [7, 11) is 0. The highest BCUT2D eigenvalue weighted by Crippen LogP contribution is 2.25. The molecule has 1 aliphatic rings. The van der Waals surface area contributed by atoms with E-state index in [1.165, 1.54) is 0 Å². The lowest BCUT2D eigenvalue weighted by Crippen LogP contribution is -2.30. The number of hydrogen-bond donors (Lipinski definition) is 1. The van der Waals surface area contributed by atoms with E-state index in [-0.39, 0.29) is 18.3 Å². The molecule has 1 amide bonds. The molecule has 1 atom stereocenters. The summed E-state index contributed by atoms with van der Waals surface area (Å²) in [5.74, 6) is 1.25. The molecule has 1 unspecified atom stereocenters. The number of amides is 1. The van der Waals surface area contributed by atoms with Crippen LogP contribution in [0.5, 0.6) is 0 Å². The number of nitrogens with two attached hydrogens (primary N) is 1. The van der Waals surface area contributed by atoms with E-state index >= 15 is 0 Å². The first-order chi connectivity index (χ1) is 8.09. The second-order valence-corrected chi connectivity index (χ2v) is 5.01. The lowest BCUT2D eigenvalue weighted by molar-refractivity contribution is 0.0784. The standard InChI is InChI=1S/C13H19N3O.ClH/c1-9(2)10-4-6-16(8-10)13(17)11-7-15-5-3-12(11)14;/h3,5,7,9-10H,4,6,8H2,1-2H3,(H2,14,15);1H. The monoisotopic (exact) mass is 269 g/mol. The van der Waals surface area contributed by atoms with Crippen molar-refractivity contribution in [2.24, 2.45) is 11.8 Å². The van der Waals surface area contributed by atoms with Gasteiger partial charge in [-0.25, -0.2) is 0 Å². The van der Waals surface area contributed by atoms with Gasteiger partial charge in [-0.1, -0.05) is 13.8 Å². The van der Waals surface area contributed by atoms with Crippen molar-refractivity contribution < 1.29 is 4.79 Å². The number of rotatable bonds is 2. The van der Waals surface area contributed by atoms with E-state index in [0.29, 0.717) is 23.1 Å². The van der Waals surface area contributed by atoms with Gasteiger partial charge in [0.1, 0.15) is 0 Å². The minimum Gasteiger partial charge on any atom is -0.398 e. The van der Waals surface area contributed by atoms with Crippen molar-refractivity contribution in [3.63, 3.8) is 0 Å². The molecule has 5 heteroatoms. The van der Waals surface area contributed by atoms with Gasteiger partial charge in [0.2, 0.25) is 0 Å². The average molecular weight is 270 g/mol. The topological polar surface area (TPSA) is 59.2 Å². The number of anilines is 1. The van der Waals surface area contributed by atoms with Crippen LogP contribution in [-0.4, -0.2) is 28.9 Å². The lowest BCUT2D eigenvalue weighted by atomic mass is 9.95. The Morgan fingerprint density at radius 3 is 2.83 bits per heavy atom. The summed E-state index contributed by atoms with van der Waals surface area (Å²) >= 11 is 0. The van der Waals surface area contributed by atoms with Crippen LogP contribution in [0.15, 0.2) is 18.5 Å². The average Bonchev–Trinajstić information content (AvgIpc) is 2.78. The molecule has 0 aromatic carbocycles. The van der Waals surface area contributed by atoms with Gasteiger partial charge in [0.05, 0.1) is 5.56 Å². The quantitative estimate of drug-likeness (QED) is 0.895. The zero-order chi connectivity index (χ0) is 12.4. The van der Waals surface area contributed by atoms with Crippen molar-refractivity contribution in [3.05, 3.63) is 24.0 Å². The number of aromatic nitrogens is 1. The fourth-order valence-corrected chi connectivity index (χ4v) is 2.27. The van der Waals surface area contributed by atoms with Crippen LogP contribution in [-0.2, 0) is 0 Å². The first-order valence-corrected chi connectivity index (χ1v) is 6.08. The van der Waals surface area contributed by atoms with Crippen LogP contribution >= 0.6 is 12.4 Å². The number of likely N-dealkylation sites (tertiary alicyclic amines) is 1. The third-order valence-corrected chi connectivity index (χ3v) is 3.54. The number of pyridine rings is 1. The van der Waals surface area contributed by atoms with Gasteiger partial charge in [-0.05, 0) is 24.3 Å². The molecule has 2 rings (SSSR count). The molecule has 1 aliphatic heterocycles. The van der Waals surface area contributed by atoms with E-state index in [4.69, 9.17) is 5.73 Å². The van der Waals surface area contributed by atoms with Crippen molar-refractivity contribution >= 4 is 24.0 Å². The Bertz CT molecular complexity index is 422. The van der Waals surface area contributed by atoms with E-state index in [9.17, 15) is 4.79 Å². The molecule has 1 fully saturated rings. The van der Waals surface area contributed by atoms with Crippen molar-refractivity contribution in [1.29, 1.82) is 0 Å². The molecular formula is C13H20ClN3O. The van der Waals surface area contributed by atoms with Crippen LogP contribution in [0.4, 0.5) is 5.69 Å². The third kappa shape index (κ3) is 2.93. The van der Waals surface area contributed by atoms with Crippen molar-refractivity contribution in [1.82, 2.24) is 9.88 Å². The van der Waals surface area contributed by atoms with E-state index in [1.807, 2.05) is 4.90 Å². The molecule has 0 spiro atoms. The van der Waals surface area contributed by atoms with Crippen LogP contribution in [0.25, 0.3) is 0 Å². The lowest BCUT2D eigenvalue weighted by Gasteiger charge is -2.18. The summed E-state index contributed by atoms with van der Waals surface area (Å²) in [6, 6.07) is 1.67. The van der Waals surface area contributed by atoms with Crippen LogP contribution < -0.4 is 5.73 Å². The summed E-state index contributed by atoms with van der Waals surface area (Å²) in [6.45, 7) is 6.08. The van der Waals surface area contributed by atoms with E-state index in [1.54, 1.807) is 18.5 Å². The zero-order valence-corrected chi connectivity index (χ0v) is 11.6. The molecule has 1 saturated heterocycles. The minimum absolute atomic E-state index is 0. The number of halogens is 1. The molecule has 4 nitrogen and oxygen atoms in total. The number of nitrogens with zero attached hydrogens (tertiary/aromatic N) is 2. The highest BCUT2D eigenvalue weighted by molar-refractivity contribution is 5.98. The molecule has 1 aromatic rings. The van der Waals surface area contributed by atoms with Crippen molar-refractivity contribution in [2.45, 2.75) is 20.3 Å². The number of carbonyl (C=O) groups is 1. The number of nitrogen functional groups attached to an aromatic ring is 1. The maximum Gasteiger partial charge on any atom is 0.257 e. The van der Waals surface area contributed by atoms with Crippen LogP contribution in [0, 0.1) is 11.8 Å². The van der Waals surface area contributed by atoms with Gasteiger partial charge in [0.25, 0.3) is 5.91 Å². The summed E-state index contributed by atoms with van der Waals surface area (Å²) in [5, 5.41) is 0. The molecule has 18 heavy (non-hydrogen) atoms. The fourth-order valence-electron chi connectivity index (χ4n) is 2.27. The Morgan fingerprint density at radius 2 is 2.28 bits per heavy atom. The van der Waals surface area contributed by atoms with E-state index < -0.39 is 0 Å². The summed E-state index contributed by atoms with van der Waals surface area (Å²) < 4.78 is 0. The Hall–Kier alpha value is -1.29.